The van der Waals surface area contributed by atoms with Crippen LogP contribution in [0.25, 0.3) is 0 Å². The van der Waals surface area contributed by atoms with Gasteiger partial charge in [0, 0.05) is 0 Å². The maximum atomic E-state index is 11.5. The van der Waals surface area contributed by atoms with Crippen molar-refractivity contribution in [2.75, 3.05) is 6.61 Å². The lowest BCUT2D eigenvalue weighted by Gasteiger charge is -2.01. The molecule has 2 N–H and O–H groups in total. The maximum absolute atomic E-state index is 11.5. The van der Waals surface area contributed by atoms with Gasteiger partial charge in [-0.3, -0.25) is 0 Å². The summed E-state index contributed by atoms with van der Waals surface area (Å²) in [7, 11) is 0. The third-order valence-corrected chi connectivity index (χ3v) is 1.99. The molecule has 0 bridgehead atoms. The first-order valence-electron chi connectivity index (χ1n) is 4.66. The van der Waals surface area contributed by atoms with Gasteiger partial charge in [0.2, 0.25) is 0 Å². The number of esters is 1. The molecule has 1 heterocycles. The highest BCUT2D eigenvalue weighted by Gasteiger charge is 2.28. The van der Waals surface area contributed by atoms with Crippen LogP contribution in [0.5, 0.6) is 0 Å². The predicted molar refractivity (Wildman–Crippen MR) is 52.3 cm³/mol. The lowest BCUT2D eigenvalue weighted by Crippen LogP contribution is -2.11. The van der Waals surface area contributed by atoms with Crippen LogP contribution in [-0.2, 0) is 11.3 Å². The number of aliphatic hydroxyl groups excluding tert-OH is 1. The van der Waals surface area contributed by atoms with Gasteiger partial charge in [-0.1, -0.05) is 0 Å². The lowest BCUT2D eigenvalue weighted by molar-refractivity contribution is 0.0513. The van der Waals surface area contributed by atoms with E-state index >= 15 is 0 Å². The normalized spacial score (nSPS) is 10.2. The van der Waals surface area contributed by atoms with Crippen LogP contribution in [0.15, 0.2) is 4.42 Å². The smallest absolute Gasteiger partial charge is 0.342 e. The van der Waals surface area contributed by atoms with Gasteiger partial charge in [0.25, 0.3) is 0 Å². The number of hydrogen-bond acceptors (Lipinski definition) is 5. The molecule has 0 atom stereocenters. The molecule has 0 aromatic carbocycles. The first-order valence-corrected chi connectivity index (χ1v) is 4.66. The summed E-state index contributed by atoms with van der Waals surface area (Å²) >= 11 is 0. The van der Waals surface area contributed by atoms with E-state index in [2.05, 4.69) is 0 Å². The average molecular weight is 228 g/mol. The topological polar surface area (TPSA) is 97.0 Å². The highest BCUT2D eigenvalue weighted by atomic mass is 16.5. The van der Waals surface area contributed by atoms with E-state index in [4.69, 9.17) is 19.4 Å². The summed E-state index contributed by atoms with van der Waals surface area (Å²) in [5.74, 6) is -2.11. The van der Waals surface area contributed by atoms with Gasteiger partial charge >= 0.3 is 11.9 Å². The first kappa shape index (κ1) is 12.3. The Kier molecular flexibility index (Phi) is 3.68. The van der Waals surface area contributed by atoms with Crippen molar-refractivity contribution in [1.82, 2.24) is 0 Å². The van der Waals surface area contributed by atoms with Gasteiger partial charge in [-0.05, 0) is 13.8 Å². The number of carbonyl (C=O) groups excluding carboxylic acids is 1. The number of aryl methyl sites for hydroxylation is 1. The molecule has 1 aromatic heterocycles. The fourth-order valence-corrected chi connectivity index (χ4v) is 1.39. The van der Waals surface area contributed by atoms with E-state index in [0.717, 1.165) is 0 Å². The molecule has 0 aliphatic carbocycles. The largest absolute Gasteiger partial charge is 0.478 e. The van der Waals surface area contributed by atoms with Crippen LogP contribution in [0.1, 0.15) is 39.2 Å². The van der Waals surface area contributed by atoms with Crippen LogP contribution >= 0.6 is 0 Å². The first-order chi connectivity index (χ1) is 7.52. The number of rotatable bonds is 4. The second kappa shape index (κ2) is 4.80. The van der Waals surface area contributed by atoms with E-state index < -0.39 is 18.5 Å². The quantitative estimate of drug-likeness (QED) is 0.745. The van der Waals surface area contributed by atoms with Crippen molar-refractivity contribution in [2.24, 2.45) is 0 Å². The van der Waals surface area contributed by atoms with Crippen LogP contribution in [0.2, 0.25) is 0 Å². The Hall–Kier alpha value is -1.82. The number of aliphatic hydroxyl groups is 1. The molecule has 0 aliphatic heterocycles. The van der Waals surface area contributed by atoms with Crippen molar-refractivity contribution in [3.05, 3.63) is 22.6 Å². The SMILES string of the molecule is CCOC(=O)c1c(C)oc(CO)c1C(=O)O. The van der Waals surface area contributed by atoms with Gasteiger partial charge in [0.15, 0.2) is 0 Å². The van der Waals surface area contributed by atoms with Gasteiger partial charge in [0.05, 0.1) is 6.61 Å². The lowest BCUT2D eigenvalue weighted by atomic mass is 10.1. The van der Waals surface area contributed by atoms with Crippen molar-refractivity contribution in [3.8, 4) is 0 Å². The van der Waals surface area contributed by atoms with Crippen molar-refractivity contribution >= 4 is 11.9 Å². The predicted octanol–water partition coefficient (Wildman–Crippen LogP) is 0.955. The summed E-state index contributed by atoms with van der Waals surface area (Å²) in [4.78, 5) is 22.4. The molecule has 0 unspecified atom stereocenters. The Bertz CT molecular complexity index is 417. The zero-order valence-electron chi connectivity index (χ0n) is 8.94. The molecule has 0 amide bonds. The molecule has 0 radical (unpaired) electrons. The monoisotopic (exact) mass is 228 g/mol. The number of aromatic carboxylic acids is 1. The number of carboxylic acid groups (broad SMARTS) is 1. The molecule has 1 rings (SSSR count). The molecular weight excluding hydrogens is 216 g/mol. The minimum atomic E-state index is -1.33. The molecule has 88 valence electrons. The zero-order chi connectivity index (χ0) is 12.3. The molecule has 0 spiro atoms. The fraction of sp³-hybridized carbons (Fsp3) is 0.400. The molecule has 0 fully saturated rings. The number of carboxylic acids is 1. The number of carbonyl (C=O) groups is 2. The van der Waals surface area contributed by atoms with Crippen molar-refractivity contribution < 1.29 is 29.0 Å². The summed E-state index contributed by atoms with van der Waals surface area (Å²) in [5.41, 5.74) is -0.475. The van der Waals surface area contributed by atoms with Gasteiger partial charge in [0.1, 0.15) is 29.3 Å². The second-order valence-electron chi connectivity index (χ2n) is 3.02. The van der Waals surface area contributed by atoms with E-state index in [1.165, 1.54) is 6.92 Å². The van der Waals surface area contributed by atoms with Gasteiger partial charge < -0.3 is 19.4 Å². The Labute approximate surface area is 91.4 Å². The van der Waals surface area contributed by atoms with Crippen LogP contribution < -0.4 is 0 Å². The Morgan fingerprint density at radius 1 is 1.38 bits per heavy atom. The van der Waals surface area contributed by atoms with E-state index in [1.807, 2.05) is 0 Å². The average Bonchev–Trinajstić information content (AvgIpc) is 2.55. The Balaban J connectivity index is 3.30. The maximum Gasteiger partial charge on any atom is 0.342 e. The minimum absolute atomic E-state index is 0.125. The molecule has 6 heteroatoms. The third kappa shape index (κ3) is 2.06. The molecule has 16 heavy (non-hydrogen) atoms. The fourth-order valence-electron chi connectivity index (χ4n) is 1.39. The Morgan fingerprint density at radius 3 is 2.44 bits per heavy atom. The van der Waals surface area contributed by atoms with Gasteiger partial charge in [-0.25, -0.2) is 9.59 Å². The Morgan fingerprint density at radius 2 is 2.00 bits per heavy atom. The van der Waals surface area contributed by atoms with Crippen LogP contribution in [0.4, 0.5) is 0 Å². The number of furan rings is 1. The molecule has 1 aromatic rings. The van der Waals surface area contributed by atoms with E-state index in [-0.39, 0.29) is 29.3 Å². The van der Waals surface area contributed by atoms with E-state index in [1.54, 1.807) is 6.92 Å². The standard InChI is InChI=1S/C10H12O6/c1-3-15-10(14)7-5(2)16-6(4-11)8(7)9(12)13/h11H,3-4H2,1-2H3,(H,12,13). The summed E-state index contributed by atoms with van der Waals surface area (Å²) in [5, 5.41) is 17.8. The minimum Gasteiger partial charge on any atom is -0.478 e. The molecule has 6 nitrogen and oxygen atoms in total. The summed E-state index contributed by atoms with van der Waals surface area (Å²) in [6.45, 7) is 2.61. The highest BCUT2D eigenvalue weighted by molar-refractivity contribution is 6.04. The van der Waals surface area contributed by atoms with Crippen molar-refractivity contribution in [2.45, 2.75) is 20.5 Å². The number of hydrogen-bond donors (Lipinski definition) is 2. The summed E-state index contributed by atoms with van der Waals surface area (Å²) in [6, 6.07) is 0. The molecule has 0 saturated heterocycles. The highest BCUT2D eigenvalue weighted by Crippen LogP contribution is 2.23. The van der Waals surface area contributed by atoms with Crippen molar-refractivity contribution in [3.63, 3.8) is 0 Å². The van der Waals surface area contributed by atoms with Crippen LogP contribution in [0.3, 0.4) is 0 Å². The van der Waals surface area contributed by atoms with Crippen molar-refractivity contribution in [1.29, 1.82) is 0 Å². The van der Waals surface area contributed by atoms with Crippen LogP contribution in [-0.4, -0.2) is 28.8 Å². The number of ether oxygens (including phenoxy) is 1. The molecule has 0 aliphatic rings. The van der Waals surface area contributed by atoms with Gasteiger partial charge in [-0.2, -0.15) is 0 Å². The van der Waals surface area contributed by atoms with E-state index in [9.17, 15) is 9.59 Å². The third-order valence-electron chi connectivity index (χ3n) is 1.99. The summed E-state index contributed by atoms with van der Waals surface area (Å²) < 4.78 is 9.71. The molecular formula is C10H12O6. The second-order valence-corrected chi connectivity index (χ2v) is 3.02. The zero-order valence-corrected chi connectivity index (χ0v) is 8.94. The van der Waals surface area contributed by atoms with Crippen LogP contribution in [0, 0.1) is 6.92 Å². The summed E-state index contributed by atoms with van der Waals surface area (Å²) in [6.07, 6.45) is 0. The van der Waals surface area contributed by atoms with E-state index in [0.29, 0.717) is 0 Å². The van der Waals surface area contributed by atoms with Gasteiger partial charge in [-0.15, -0.1) is 0 Å². The molecule has 0 saturated carbocycles.